The van der Waals surface area contributed by atoms with E-state index >= 15 is 0 Å². The first kappa shape index (κ1) is 27.7. The van der Waals surface area contributed by atoms with Gasteiger partial charge in [-0.3, -0.25) is 19.1 Å². The topological polar surface area (TPSA) is 258 Å². The van der Waals surface area contributed by atoms with Gasteiger partial charge >= 0.3 is 6.80 Å². The normalized spacial score (nSPS) is 37.0. The second kappa shape index (κ2) is 10.4. The predicted molar refractivity (Wildman–Crippen MR) is 130 cm³/mol. The molecule has 216 valence electrons. The molecule has 8 atom stereocenters. The van der Waals surface area contributed by atoms with Gasteiger partial charge in [0, 0.05) is 24.8 Å². The Bertz CT molecular complexity index is 1590. The SMILES string of the molecule is N=c1ccn([C@H]2C[C@@H]3OP(=O)(O)SC[C@H]4O[C@@H](n5cnc6c(N)ncnc65)C[C@@H]4OP(=O)([O-])OC[C@H]3O2)c([O-])n1. The number of phosphoric acid groups is 1. The maximum absolute atomic E-state index is 13.0. The van der Waals surface area contributed by atoms with Gasteiger partial charge < -0.3 is 43.7 Å². The van der Waals surface area contributed by atoms with E-state index in [-0.39, 0.29) is 29.9 Å². The third kappa shape index (κ3) is 5.54. The van der Waals surface area contributed by atoms with Crippen molar-refractivity contribution in [3.63, 3.8) is 0 Å². The van der Waals surface area contributed by atoms with E-state index in [1.807, 2.05) is 0 Å². The van der Waals surface area contributed by atoms with Crippen molar-refractivity contribution >= 4 is 43.0 Å². The maximum atomic E-state index is 13.0. The minimum absolute atomic E-state index is 0.0132. The van der Waals surface area contributed by atoms with E-state index in [4.69, 9.17) is 34.2 Å². The Morgan fingerprint density at radius 3 is 2.58 bits per heavy atom. The van der Waals surface area contributed by atoms with Gasteiger partial charge in [-0.25, -0.2) is 24.5 Å². The average Bonchev–Trinajstić information content (AvgIpc) is 3.58. The van der Waals surface area contributed by atoms with E-state index in [9.17, 15) is 24.0 Å². The summed E-state index contributed by atoms with van der Waals surface area (Å²) in [6, 6.07) is 0.481. The van der Waals surface area contributed by atoms with E-state index in [1.54, 1.807) is 4.57 Å². The van der Waals surface area contributed by atoms with Gasteiger partial charge in [-0.05, 0) is 17.4 Å². The number of nitrogen functional groups attached to an aromatic ring is 1. The molecule has 40 heavy (non-hydrogen) atoms. The van der Waals surface area contributed by atoms with E-state index in [0.29, 0.717) is 22.5 Å². The number of nitrogens with one attached hydrogen (secondary N) is 1. The summed E-state index contributed by atoms with van der Waals surface area (Å²) in [6.07, 6.45) is -2.23. The molecular weight excluding hydrogens is 594 g/mol. The summed E-state index contributed by atoms with van der Waals surface area (Å²) in [5.74, 6) is -0.0187. The molecule has 3 aromatic rings. The summed E-state index contributed by atoms with van der Waals surface area (Å²) in [5.41, 5.74) is 6.28. The van der Waals surface area contributed by atoms with E-state index in [0.717, 1.165) is 4.57 Å². The molecule has 0 bridgehead atoms. The van der Waals surface area contributed by atoms with Gasteiger partial charge in [0.2, 0.25) is 0 Å². The minimum atomic E-state index is -4.94. The third-order valence-corrected chi connectivity index (χ3v) is 10.6. The highest BCUT2D eigenvalue weighted by atomic mass is 32.7. The molecule has 3 aromatic heterocycles. The molecule has 3 saturated heterocycles. The number of nitrogens with zero attached hydrogens (tertiary/aromatic N) is 6. The van der Waals surface area contributed by atoms with E-state index < -0.39 is 64.1 Å². The zero-order chi connectivity index (χ0) is 28.2. The summed E-state index contributed by atoms with van der Waals surface area (Å²) in [5, 5.41) is 19.7. The van der Waals surface area contributed by atoms with Gasteiger partial charge in [0.1, 0.15) is 42.0 Å². The number of imidazole rings is 1. The van der Waals surface area contributed by atoms with Crippen LogP contribution in [0.25, 0.3) is 11.2 Å². The van der Waals surface area contributed by atoms with Crippen molar-refractivity contribution < 1.29 is 47.1 Å². The Hall–Kier alpha value is -2.44. The van der Waals surface area contributed by atoms with Crippen LogP contribution < -0.4 is 21.2 Å². The van der Waals surface area contributed by atoms with Crippen molar-refractivity contribution in [2.24, 2.45) is 0 Å². The number of hydrogen-bond donors (Lipinski definition) is 3. The zero-order valence-electron chi connectivity index (χ0n) is 20.3. The molecule has 18 nitrogen and oxygen atoms in total. The van der Waals surface area contributed by atoms with Crippen molar-refractivity contribution in [2.45, 2.75) is 49.7 Å². The van der Waals surface area contributed by atoms with Crippen LogP contribution in [0.15, 0.2) is 24.9 Å². The molecule has 0 aromatic carbocycles. The van der Waals surface area contributed by atoms with Gasteiger partial charge in [0.05, 0.1) is 31.2 Å². The fourth-order valence-corrected chi connectivity index (χ4v) is 8.42. The number of nitrogens with two attached hydrogens (primary N) is 1. The summed E-state index contributed by atoms with van der Waals surface area (Å²) in [7, 11) is -4.94. The molecule has 4 N–H and O–H groups in total. The maximum Gasteiger partial charge on any atom is 0.387 e. The average molecular weight is 616 g/mol. The lowest BCUT2D eigenvalue weighted by Crippen LogP contribution is -2.32. The molecule has 0 saturated carbocycles. The number of ether oxygens (including phenoxy) is 2. The fraction of sp³-hybridized carbons (Fsp3) is 0.526. The first-order valence-corrected chi connectivity index (χ1v) is 16.5. The second-order valence-corrected chi connectivity index (χ2v) is 14.4. The molecule has 0 spiro atoms. The number of fused-ring (bicyclic) bond motifs is 3. The van der Waals surface area contributed by atoms with E-state index in [2.05, 4.69) is 19.9 Å². The lowest BCUT2D eigenvalue weighted by Gasteiger charge is -2.31. The van der Waals surface area contributed by atoms with Crippen molar-refractivity contribution in [3.8, 4) is 6.01 Å². The molecular formula is C19H22N8O10P2S-2. The first-order valence-electron chi connectivity index (χ1n) is 11.8. The van der Waals surface area contributed by atoms with Crippen LogP contribution in [0, 0.1) is 5.41 Å². The van der Waals surface area contributed by atoms with Gasteiger partial charge in [-0.1, -0.05) is 0 Å². The molecule has 3 fully saturated rings. The smallest absolute Gasteiger partial charge is 0.387 e. The highest BCUT2D eigenvalue weighted by Crippen LogP contribution is 2.60. The van der Waals surface area contributed by atoms with Crippen LogP contribution in [0.3, 0.4) is 0 Å². The summed E-state index contributed by atoms with van der Waals surface area (Å²) < 4.78 is 56.2. The first-order chi connectivity index (χ1) is 19.0. The Labute approximate surface area is 228 Å². The quantitative estimate of drug-likeness (QED) is 0.308. The van der Waals surface area contributed by atoms with Crippen LogP contribution in [0.2, 0.25) is 0 Å². The monoisotopic (exact) mass is 616 g/mol. The van der Waals surface area contributed by atoms with Crippen LogP contribution in [-0.4, -0.2) is 70.7 Å². The van der Waals surface area contributed by atoms with Crippen LogP contribution >= 0.6 is 26.0 Å². The highest BCUT2D eigenvalue weighted by Gasteiger charge is 2.45. The predicted octanol–water partition coefficient (Wildman–Crippen LogP) is -0.464. The largest absolute Gasteiger partial charge is 0.846 e. The molecule has 6 heterocycles. The van der Waals surface area contributed by atoms with Crippen molar-refractivity contribution in [1.82, 2.24) is 29.1 Å². The zero-order valence-corrected chi connectivity index (χ0v) is 22.9. The van der Waals surface area contributed by atoms with Crippen LogP contribution in [0.4, 0.5) is 5.82 Å². The second-order valence-electron chi connectivity index (χ2n) is 9.11. The Morgan fingerprint density at radius 1 is 1.07 bits per heavy atom. The van der Waals surface area contributed by atoms with Crippen LogP contribution in [0.5, 0.6) is 6.01 Å². The Balaban J connectivity index is 1.23. The lowest BCUT2D eigenvalue weighted by atomic mass is 10.2. The molecule has 3 aliphatic rings. The molecule has 3 aliphatic heterocycles. The highest BCUT2D eigenvalue weighted by molar-refractivity contribution is 8.54. The number of hydrogen-bond acceptors (Lipinski definition) is 16. The molecule has 0 amide bonds. The Morgan fingerprint density at radius 2 is 1.80 bits per heavy atom. The minimum Gasteiger partial charge on any atom is -0.846 e. The van der Waals surface area contributed by atoms with Crippen molar-refractivity contribution in [3.05, 3.63) is 30.4 Å². The number of anilines is 1. The van der Waals surface area contributed by atoms with Gasteiger partial charge in [0.25, 0.3) is 7.82 Å². The van der Waals surface area contributed by atoms with Gasteiger partial charge in [0.15, 0.2) is 11.5 Å². The van der Waals surface area contributed by atoms with Gasteiger partial charge in [-0.15, -0.1) is 0 Å². The van der Waals surface area contributed by atoms with E-state index in [1.165, 1.54) is 24.9 Å². The Kier molecular flexibility index (Phi) is 7.23. The number of aromatic nitrogens is 6. The standard InChI is InChI=1S/C19H24N8O10P2S/c20-13-1-2-26(19(28)25-13)14-3-9-11(34-14)5-33-38(29,30)36-10-4-15(35-12(10)6-40-39(31,32)37-9)27-8-24-16-17(21)22-7-23-18(16)27/h1-2,7-12,14-15H,3-6H2,(H,29,30)(H,31,32)(H2,20,25,28)(H2,21,22,23)/p-2/t9-,10-,11+,12+,14+,15+/m0/s1. The lowest BCUT2D eigenvalue weighted by molar-refractivity contribution is -0.291. The van der Waals surface area contributed by atoms with Crippen LogP contribution in [0.1, 0.15) is 25.3 Å². The fourth-order valence-electron chi connectivity index (χ4n) is 4.71. The van der Waals surface area contributed by atoms with Gasteiger partial charge in [-0.2, -0.15) is 0 Å². The summed E-state index contributed by atoms with van der Waals surface area (Å²) in [4.78, 5) is 39.2. The number of phosphoric ester groups is 1. The molecule has 21 heteroatoms. The molecule has 0 aliphatic carbocycles. The number of rotatable bonds is 2. The molecule has 0 radical (unpaired) electrons. The summed E-state index contributed by atoms with van der Waals surface area (Å²) in [6.45, 7) is -4.96. The van der Waals surface area contributed by atoms with Crippen LogP contribution in [-0.2, 0) is 32.2 Å². The molecule has 6 rings (SSSR count). The third-order valence-electron chi connectivity index (χ3n) is 6.53. The summed E-state index contributed by atoms with van der Waals surface area (Å²) >= 11 is 0.546. The van der Waals surface area contributed by atoms with Crippen molar-refractivity contribution in [1.29, 1.82) is 5.41 Å². The van der Waals surface area contributed by atoms with Crippen molar-refractivity contribution in [2.75, 3.05) is 18.1 Å². The molecule has 2 unspecified atom stereocenters.